The molecule has 0 amide bonds. The maximum atomic E-state index is 11.2. The summed E-state index contributed by atoms with van der Waals surface area (Å²) in [5, 5.41) is 0. The second-order valence-corrected chi connectivity index (χ2v) is 3.77. The van der Waals surface area contributed by atoms with Gasteiger partial charge in [0.15, 0.2) is 0 Å². The summed E-state index contributed by atoms with van der Waals surface area (Å²) >= 11 is 0. The third-order valence-corrected chi connectivity index (χ3v) is 1.65. The van der Waals surface area contributed by atoms with Crippen LogP contribution < -0.4 is 5.73 Å². The predicted molar refractivity (Wildman–Crippen MR) is 59.4 cm³/mol. The summed E-state index contributed by atoms with van der Waals surface area (Å²) in [6, 6.07) is -0.604. The molecule has 0 aromatic heterocycles. The van der Waals surface area contributed by atoms with Crippen LogP contribution in [0.15, 0.2) is 12.7 Å². The van der Waals surface area contributed by atoms with Crippen LogP contribution in [0.2, 0.25) is 0 Å². The highest BCUT2D eigenvalue weighted by Crippen LogP contribution is 1.94. The third kappa shape index (κ3) is 8.15. The second-order valence-electron chi connectivity index (χ2n) is 3.77. The summed E-state index contributed by atoms with van der Waals surface area (Å²) in [4.78, 5) is 11.2. The van der Waals surface area contributed by atoms with Gasteiger partial charge in [-0.25, -0.2) is 0 Å². The van der Waals surface area contributed by atoms with E-state index in [4.69, 9.17) is 15.2 Å². The van der Waals surface area contributed by atoms with Gasteiger partial charge in [-0.15, -0.1) is 6.58 Å². The van der Waals surface area contributed by atoms with Crippen LogP contribution in [-0.2, 0) is 14.3 Å². The highest BCUT2D eigenvalue weighted by molar-refractivity contribution is 5.75. The lowest BCUT2D eigenvalue weighted by Crippen LogP contribution is -2.32. The van der Waals surface area contributed by atoms with Crippen molar-refractivity contribution < 1.29 is 14.3 Å². The summed E-state index contributed by atoms with van der Waals surface area (Å²) in [5.41, 5.74) is 5.50. The van der Waals surface area contributed by atoms with Crippen molar-refractivity contribution in [3.63, 3.8) is 0 Å². The Labute approximate surface area is 91.4 Å². The van der Waals surface area contributed by atoms with Crippen LogP contribution in [0.25, 0.3) is 0 Å². The number of nitrogens with two attached hydrogens (primary N) is 1. The molecule has 2 N–H and O–H groups in total. The first kappa shape index (κ1) is 14.1. The Balaban J connectivity index is 3.42. The van der Waals surface area contributed by atoms with E-state index in [1.165, 1.54) is 0 Å². The van der Waals surface area contributed by atoms with Crippen molar-refractivity contribution in [2.75, 3.05) is 19.8 Å². The minimum absolute atomic E-state index is 0.260. The number of hydrogen-bond donors (Lipinski definition) is 1. The molecule has 0 aromatic rings. The SMILES string of the molecule is C=CCC(N)C(=O)OCCOCC(C)C. The molecule has 0 heterocycles. The number of carbonyl (C=O) groups excluding carboxylic acids is 1. The van der Waals surface area contributed by atoms with Crippen LogP contribution in [-0.4, -0.2) is 31.8 Å². The minimum atomic E-state index is -0.604. The Morgan fingerprint density at radius 2 is 2.13 bits per heavy atom. The summed E-state index contributed by atoms with van der Waals surface area (Å²) in [7, 11) is 0. The molecule has 0 aliphatic rings. The van der Waals surface area contributed by atoms with Gasteiger partial charge in [-0.05, 0) is 12.3 Å². The third-order valence-electron chi connectivity index (χ3n) is 1.65. The van der Waals surface area contributed by atoms with Gasteiger partial charge in [0.25, 0.3) is 0 Å². The molecule has 0 aromatic carbocycles. The fourth-order valence-corrected chi connectivity index (χ4v) is 0.903. The Hall–Kier alpha value is -0.870. The van der Waals surface area contributed by atoms with Gasteiger partial charge in [-0.3, -0.25) is 4.79 Å². The zero-order valence-electron chi connectivity index (χ0n) is 9.57. The molecule has 0 fully saturated rings. The van der Waals surface area contributed by atoms with Crippen LogP contribution in [0.3, 0.4) is 0 Å². The topological polar surface area (TPSA) is 61.6 Å². The van der Waals surface area contributed by atoms with E-state index >= 15 is 0 Å². The molecule has 4 heteroatoms. The van der Waals surface area contributed by atoms with Gasteiger partial charge in [0.05, 0.1) is 6.61 Å². The van der Waals surface area contributed by atoms with E-state index in [9.17, 15) is 4.79 Å². The normalized spacial score (nSPS) is 12.5. The second kappa shape index (κ2) is 8.44. The first-order chi connectivity index (χ1) is 7.07. The molecule has 15 heavy (non-hydrogen) atoms. The average molecular weight is 215 g/mol. The highest BCUT2D eigenvalue weighted by atomic mass is 16.6. The molecule has 0 saturated carbocycles. The van der Waals surface area contributed by atoms with Crippen molar-refractivity contribution in [1.82, 2.24) is 0 Å². The van der Waals surface area contributed by atoms with Crippen LogP contribution in [0.5, 0.6) is 0 Å². The van der Waals surface area contributed by atoms with Crippen molar-refractivity contribution in [3.8, 4) is 0 Å². The molecule has 0 rings (SSSR count). The van der Waals surface area contributed by atoms with Gasteiger partial charge in [0.1, 0.15) is 12.6 Å². The maximum absolute atomic E-state index is 11.2. The minimum Gasteiger partial charge on any atom is -0.462 e. The molecule has 0 aliphatic heterocycles. The Kier molecular flexibility index (Phi) is 7.95. The van der Waals surface area contributed by atoms with E-state index in [0.717, 1.165) is 0 Å². The monoisotopic (exact) mass is 215 g/mol. The van der Waals surface area contributed by atoms with Gasteiger partial charge in [-0.1, -0.05) is 19.9 Å². The molecule has 0 saturated heterocycles. The van der Waals surface area contributed by atoms with E-state index in [1.54, 1.807) is 6.08 Å². The molecule has 0 radical (unpaired) electrons. The van der Waals surface area contributed by atoms with E-state index in [-0.39, 0.29) is 6.61 Å². The lowest BCUT2D eigenvalue weighted by Gasteiger charge is -2.10. The molecule has 0 bridgehead atoms. The van der Waals surface area contributed by atoms with E-state index in [0.29, 0.717) is 25.6 Å². The lowest BCUT2D eigenvalue weighted by molar-refractivity contribution is -0.146. The fraction of sp³-hybridized carbons (Fsp3) is 0.727. The van der Waals surface area contributed by atoms with Crippen molar-refractivity contribution in [2.24, 2.45) is 11.7 Å². The molecular weight excluding hydrogens is 194 g/mol. The smallest absolute Gasteiger partial charge is 0.323 e. The molecule has 0 aliphatic carbocycles. The molecule has 4 nitrogen and oxygen atoms in total. The van der Waals surface area contributed by atoms with Crippen molar-refractivity contribution >= 4 is 5.97 Å². The zero-order chi connectivity index (χ0) is 11.7. The summed E-state index contributed by atoms with van der Waals surface area (Å²) in [6.07, 6.45) is 2.03. The summed E-state index contributed by atoms with van der Waals surface area (Å²) in [6.45, 7) is 8.98. The van der Waals surface area contributed by atoms with Gasteiger partial charge < -0.3 is 15.2 Å². The Morgan fingerprint density at radius 1 is 1.47 bits per heavy atom. The van der Waals surface area contributed by atoms with Crippen molar-refractivity contribution in [2.45, 2.75) is 26.3 Å². The van der Waals surface area contributed by atoms with Crippen LogP contribution in [0, 0.1) is 5.92 Å². The Morgan fingerprint density at radius 3 is 2.67 bits per heavy atom. The average Bonchev–Trinajstić information content (AvgIpc) is 2.16. The lowest BCUT2D eigenvalue weighted by atomic mass is 10.2. The molecular formula is C11H21NO3. The summed E-state index contributed by atoms with van der Waals surface area (Å²) < 4.78 is 10.1. The van der Waals surface area contributed by atoms with Crippen LogP contribution in [0.1, 0.15) is 20.3 Å². The van der Waals surface area contributed by atoms with Gasteiger partial charge in [0.2, 0.25) is 0 Å². The van der Waals surface area contributed by atoms with Crippen molar-refractivity contribution in [3.05, 3.63) is 12.7 Å². The zero-order valence-corrected chi connectivity index (χ0v) is 9.57. The quantitative estimate of drug-likeness (QED) is 0.374. The van der Waals surface area contributed by atoms with Gasteiger partial charge >= 0.3 is 5.97 Å². The van der Waals surface area contributed by atoms with Gasteiger partial charge in [-0.2, -0.15) is 0 Å². The number of ether oxygens (including phenoxy) is 2. The van der Waals surface area contributed by atoms with Crippen molar-refractivity contribution in [1.29, 1.82) is 0 Å². The largest absolute Gasteiger partial charge is 0.462 e. The molecule has 1 unspecified atom stereocenters. The van der Waals surface area contributed by atoms with Crippen LogP contribution >= 0.6 is 0 Å². The van der Waals surface area contributed by atoms with Crippen LogP contribution in [0.4, 0.5) is 0 Å². The number of esters is 1. The first-order valence-corrected chi connectivity index (χ1v) is 5.18. The standard InChI is InChI=1S/C11H21NO3/c1-4-5-10(12)11(13)15-7-6-14-8-9(2)3/h4,9-10H,1,5-8,12H2,2-3H3. The first-order valence-electron chi connectivity index (χ1n) is 5.18. The van der Waals surface area contributed by atoms with E-state index in [2.05, 4.69) is 20.4 Å². The number of hydrogen-bond acceptors (Lipinski definition) is 4. The number of rotatable bonds is 8. The van der Waals surface area contributed by atoms with Gasteiger partial charge in [0, 0.05) is 6.61 Å². The molecule has 88 valence electrons. The fourth-order valence-electron chi connectivity index (χ4n) is 0.903. The summed E-state index contributed by atoms with van der Waals surface area (Å²) in [5.74, 6) is 0.0896. The Bertz CT molecular complexity index is 192. The number of carbonyl (C=O) groups is 1. The predicted octanol–water partition coefficient (Wildman–Crippen LogP) is 1.11. The highest BCUT2D eigenvalue weighted by Gasteiger charge is 2.12. The maximum Gasteiger partial charge on any atom is 0.323 e. The molecule has 0 spiro atoms. The molecule has 1 atom stereocenters. The van der Waals surface area contributed by atoms with E-state index < -0.39 is 12.0 Å². The van der Waals surface area contributed by atoms with E-state index in [1.807, 2.05) is 0 Å².